The maximum absolute atomic E-state index is 13.0. The number of hydrogen-bond acceptors (Lipinski definition) is 7. The number of likely N-dealkylation sites (tertiary alicyclic amines) is 2. The number of benzene rings is 1. The number of nitrogens with zero attached hydrogens (tertiary/aromatic N) is 5. The van der Waals surface area contributed by atoms with Crippen molar-refractivity contribution in [1.82, 2.24) is 30.0 Å². The normalized spacial score (nSPS) is 18.8. The molecule has 1 amide bonds. The predicted molar refractivity (Wildman–Crippen MR) is 147 cm³/mol. The molecular formula is C27H35ClN8O. The molecule has 10 heteroatoms. The topological polar surface area (TPSA) is 102 Å². The van der Waals surface area contributed by atoms with Crippen LogP contribution in [0.15, 0.2) is 24.4 Å². The van der Waals surface area contributed by atoms with E-state index in [1.165, 1.54) is 11.1 Å². The number of hydrogen-bond donors (Lipinski definition) is 3. The quantitative estimate of drug-likeness (QED) is 0.415. The number of carbonyl (C=O) groups excluding carboxylic acids is 1. The zero-order valence-electron chi connectivity index (χ0n) is 21.9. The molecule has 2 aromatic heterocycles. The molecule has 1 aromatic carbocycles. The van der Waals surface area contributed by atoms with E-state index in [9.17, 15) is 4.79 Å². The van der Waals surface area contributed by atoms with Gasteiger partial charge in [-0.2, -0.15) is 10.1 Å². The lowest BCUT2D eigenvalue weighted by Gasteiger charge is -2.35. The van der Waals surface area contributed by atoms with E-state index in [0.29, 0.717) is 34.4 Å². The van der Waals surface area contributed by atoms with Crippen LogP contribution in [0.5, 0.6) is 0 Å². The van der Waals surface area contributed by atoms with Crippen LogP contribution < -0.4 is 10.6 Å². The lowest BCUT2D eigenvalue weighted by Crippen LogP contribution is -2.47. The number of likely N-dealkylation sites (N-methyl/N-ethyl adjacent to an activating group) is 1. The number of aryl methyl sites for hydroxylation is 3. The lowest BCUT2D eigenvalue weighted by atomic mass is 9.85. The molecule has 0 unspecified atom stereocenters. The zero-order valence-corrected chi connectivity index (χ0v) is 22.7. The lowest BCUT2D eigenvalue weighted by molar-refractivity contribution is -0.136. The van der Waals surface area contributed by atoms with Crippen LogP contribution in [-0.2, 0) is 4.79 Å². The maximum Gasteiger partial charge on any atom is 0.239 e. The van der Waals surface area contributed by atoms with Crippen molar-refractivity contribution in [2.24, 2.45) is 0 Å². The van der Waals surface area contributed by atoms with Crippen LogP contribution in [0.3, 0.4) is 0 Å². The van der Waals surface area contributed by atoms with E-state index in [4.69, 9.17) is 11.6 Å². The van der Waals surface area contributed by atoms with Gasteiger partial charge in [0.1, 0.15) is 5.02 Å². The average molecular weight is 523 g/mol. The smallest absolute Gasteiger partial charge is 0.239 e. The van der Waals surface area contributed by atoms with Crippen molar-refractivity contribution >= 4 is 40.8 Å². The Bertz CT molecular complexity index is 1280. The fourth-order valence-electron chi connectivity index (χ4n) is 5.50. The van der Waals surface area contributed by atoms with Crippen LogP contribution in [0.1, 0.15) is 54.0 Å². The monoisotopic (exact) mass is 522 g/mol. The van der Waals surface area contributed by atoms with Crippen LogP contribution in [0, 0.1) is 20.8 Å². The molecule has 2 aliphatic heterocycles. The summed E-state index contributed by atoms with van der Waals surface area (Å²) in [5.74, 6) is 2.35. The SMILES string of the molecule is Cc1cc(Nc2nc(Nc3cc(C)c(C4CCN(C(=O)[C@H]5CCCN5C)CC4)cc3C)ncc2Cl)n[nH]1. The van der Waals surface area contributed by atoms with Crippen molar-refractivity contribution in [3.8, 4) is 0 Å². The first-order valence-electron chi connectivity index (χ1n) is 13.0. The van der Waals surface area contributed by atoms with Gasteiger partial charge >= 0.3 is 0 Å². The van der Waals surface area contributed by atoms with Crippen molar-refractivity contribution in [2.45, 2.75) is 58.4 Å². The molecular weight excluding hydrogens is 488 g/mol. The fraction of sp³-hybridized carbons (Fsp3) is 0.481. The third kappa shape index (κ3) is 5.57. The molecule has 0 aliphatic carbocycles. The number of aromatic amines is 1. The van der Waals surface area contributed by atoms with Gasteiger partial charge in [0.2, 0.25) is 11.9 Å². The Kier molecular flexibility index (Phi) is 7.35. The van der Waals surface area contributed by atoms with Gasteiger partial charge < -0.3 is 15.5 Å². The molecule has 1 atom stereocenters. The van der Waals surface area contributed by atoms with Crippen LogP contribution in [0.4, 0.5) is 23.3 Å². The van der Waals surface area contributed by atoms with Gasteiger partial charge in [-0.1, -0.05) is 17.7 Å². The maximum atomic E-state index is 13.0. The fourth-order valence-corrected chi connectivity index (χ4v) is 5.63. The average Bonchev–Trinajstić information content (AvgIpc) is 3.50. The Morgan fingerprint density at radius 1 is 1.05 bits per heavy atom. The minimum absolute atomic E-state index is 0.0695. The first kappa shape index (κ1) is 25.5. The van der Waals surface area contributed by atoms with Gasteiger partial charge in [0.05, 0.1) is 12.2 Å². The van der Waals surface area contributed by atoms with Crippen LogP contribution in [-0.4, -0.2) is 68.6 Å². The summed E-state index contributed by atoms with van der Waals surface area (Å²) in [5.41, 5.74) is 5.62. The molecule has 3 aromatic rings. The first-order valence-corrected chi connectivity index (χ1v) is 13.3. The number of anilines is 4. The number of carbonyl (C=O) groups is 1. The zero-order chi connectivity index (χ0) is 26.1. The Balaban J connectivity index is 1.25. The second-order valence-electron chi connectivity index (χ2n) is 10.3. The van der Waals surface area contributed by atoms with E-state index in [0.717, 1.165) is 62.3 Å². The van der Waals surface area contributed by atoms with E-state index in [1.807, 2.05) is 13.0 Å². The minimum atomic E-state index is 0.0695. The summed E-state index contributed by atoms with van der Waals surface area (Å²) < 4.78 is 0. The molecule has 4 heterocycles. The van der Waals surface area contributed by atoms with Gasteiger partial charge in [-0.3, -0.25) is 14.8 Å². The van der Waals surface area contributed by atoms with Crippen LogP contribution in [0.25, 0.3) is 0 Å². The summed E-state index contributed by atoms with van der Waals surface area (Å²) in [6, 6.07) is 6.38. The van der Waals surface area contributed by atoms with Crippen LogP contribution >= 0.6 is 11.6 Å². The van der Waals surface area contributed by atoms with Crippen molar-refractivity contribution in [1.29, 1.82) is 0 Å². The van der Waals surface area contributed by atoms with Gasteiger partial charge in [-0.15, -0.1) is 0 Å². The Hall–Kier alpha value is -3.17. The second-order valence-corrected chi connectivity index (χ2v) is 10.7. The molecule has 5 rings (SSSR count). The number of amides is 1. The van der Waals surface area contributed by atoms with Gasteiger partial charge in [0.15, 0.2) is 11.6 Å². The molecule has 0 spiro atoms. The van der Waals surface area contributed by atoms with Crippen molar-refractivity contribution in [3.05, 3.63) is 51.8 Å². The van der Waals surface area contributed by atoms with Gasteiger partial charge in [0, 0.05) is 30.5 Å². The number of aromatic nitrogens is 4. The van der Waals surface area contributed by atoms with E-state index >= 15 is 0 Å². The number of piperidine rings is 1. The third-order valence-electron chi connectivity index (χ3n) is 7.61. The minimum Gasteiger partial charge on any atom is -0.341 e. The van der Waals surface area contributed by atoms with Crippen LogP contribution in [0.2, 0.25) is 5.02 Å². The molecule has 2 saturated heterocycles. The van der Waals surface area contributed by atoms with Crippen molar-refractivity contribution < 1.29 is 4.79 Å². The highest BCUT2D eigenvalue weighted by molar-refractivity contribution is 6.32. The summed E-state index contributed by atoms with van der Waals surface area (Å²) in [4.78, 5) is 26.2. The highest BCUT2D eigenvalue weighted by atomic mass is 35.5. The van der Waals surface area contributed by atoms with E-state index in [-0.39, 0.29) is 6.04 Å². The van der Waals surface area contributed by atoms with Gasteiger partial charge in [-0.05, 0) is 88.7 Å². The van der Waals surface area contributed by atoms with E-state index < -0.39 is 0 Å². The highest BCUT2D eigenvalue weighted by Crippen LogP contribution is 2.35. The summed E-state index contributed by atoms with van der Waals surface area (Å²) in [5, 5.41) is 14.0. The number of H-pyrrole nitrogens is 1. The Morgan fingerprint density at radius 2 is 1.84 bits per heavy atom. The number of nitrogens with one attached hydrogen (secondary N) is 3. The molecule has 0 radical (unpaired) electrons. The molecule has 0 saturated carbocycles. The van der Waals surface area contributed by atoms with Crippen molar-refractivity contribution in [2.75, 3.05) is 37.3 Å². The molecule has 37 heavy (non-hydrogen) atoms. The molecule has 196 valence electrons. The van der Waals surface area contributed by atoms with E-state index in [2.05, 4.69) is 73.6 Å². The second kappa shape index (κ2) is 10.7. The van der Waals surface area contributed by atoms with Gasteiger partial charge in [-0.25, -0.2) is 4.98 Å². The first-order chi connectivity index (χ1) is 17.8. The summed E-state index contributed by atoms with van der Waals surface area (Å²) in [7, 11) is 2.07. The number of halogens is 1. The summed E-state index contributed by atoms with van der Waals surface area (Å²) in [6.07, 6.45) is 5.67. The standard InChI is InChI=1S/C27H35ClN8O/c1-16-13-22(30-27-29-15-21(28)25(32-27)31-24-14-18(3)33-34-24)17(2)12-20(16)19-7-10-36(11-8-19)26(37)23-6-5-9-35(23)4/h12-15,19,23H,5-11H2,1-4H3,(H3,29,30,31,32,33,34)/t23-/m1/s1. The van der Waals surface area contributed by atoms with E-state index in [1.54, 1.807) is 6.20 Å². The third-order valence-corrected chi connectivity index (χ3v) is 7.88. The van der Waals surface area contributed by atoms with Crippen molar-refractivity contribution in [3.63, 3.8) is 0 Å². The highest BCUT2D eigenvalue weighted by Gasteiger charge is 2.33. The van der Waals surface area contributed by atoms with Gasteiger partial charge in [0.25, 0.3) is 0 Å². The molecule has 2 aliphatic rings. The largest absolute Gasteiger partial charge is 0.341 e. The molecule has 2 fully saturated rings. The molecule has 0 bridgehead atoms. The number of rotatable bonds is 6. The summed E-state index contributed by atoms with van der Waals surface area (Å²) in [6.45, 7) is 8.86. The predicted octanol–water partition coefficient (Wildman–Crippen LogP) is 5.07. The Morgan fingerprint density at radius 3 is 2.51 bits per heavy atom. The Labute approximate surface area is 223 Å². The molecule has 3 N–H and O–H groups in total. The molecule has 9 nitrogen and oxygen atoms in total. The summed E-state index contributed by atoms with van der Waals surface area (Å²) >= 11 is 6.31.